The summed E-state index contributed by atoms with van der Waals surface area (Å²) in [4.78, 5) is 11.2. The minimum atomic E-state index is -3.61. The zero-order chi connectivity index (χ0) is 25.1. The number of allylic oxidation sites excluding steroid dienone is 2. The molecular formula is C24H43NO7S. The highest BCUT2D eigenvalue weighted by Crippen LogP contribution is 2.37. The number of unbranched alkanes of at least 4 members (excludes halogenated alkanes) is 3. The van der Waals surface area contributed by atoms with Gasteiger partial charge in [0.15, 0.2) is 0 Å². The van der Waals surface area contributed by atoms with Crippen molar-refractivity contribution in [2.24, 2.45) is 17.3 Å². The Hall–Kier alpha value is -1.42. The van der Waals surface area contributed by atoms with Gasteiger partial charge in [-0.3, -0.25) is 0 Å². The molecule has 0 aliphatic heterocycles. The van der Waals surface area contributed by atoms with Gasteiger partial charge in [-0.1, -0.05) is 57.9 Å². The van der Waals surface area contributed by atoms with Crippen LogP contribution in [0.1, 0.15) is 72.1 Å². The molecule has 1 rings (SSSR count). The molecule has 1 saturated carbocycles. The van der Waals surface area contributed by atoms with E-state index in [1.165, 1.54) is 0 Å². The second-order valence-corrected chi connectivity index (χ2v) is 11.5. The number of nitrogens with one attached hydrogen (secondary N) is 1. The number of hydrogen-bond donors (Lipinski definition) is 4. The van der Waals surface area contributed by atoms with Crippen molar-refractivity contribution in [3.8, 4) is 0 Å². The molecule has 8 nitrogen and oxygen atoms in total. The van der Waals surface area contributed by atoms with E-state index in [-0.39, 0.29) is 23.9 Å². The van der Waals surface area contributed by atoms with E-state index in [1.54, 1.807) is 10.8 Å². The first-order valence-corrected chi connectivity index (χ1v) is 13.8. The number of aliphatic hydroxyl groups is 3. The molecule has 1 amide bonds. The third kappa shape index (κ3) is 11.5. The lowest BCUT2D eigenvalue weighted by Crippen LogP contribution is -2.30. The molecule has 33 heavy (non-hydrogen) atoms. The Morgan fingerprint density at radius 3 is 2.52 bits per heavy atom. The summed E-state index contributed by atoms with van der Waals surface area (Å²) in [5.74, 6) is -0.315. The molecule has 4 N–H and O–H groups in total. The molecule has 192 valence electrons. The van der Waals surface area contributed by atoms with E-state index in [9.17, 15) is 28.5 Å². The Labute approximate surface area is 199 Å². The largest absolute Gasteiger partial charge is 0.449 e. The van der Waals surface area contributed by atoms with Gasteiger partial charge in [0.1, 0.15) is 0 Å². The summed E-state index contributed by atoms with van der Waals surface area (Å²) in [5.41, 5.74) is -0.237. The van der Waals surface area contributed by atoms with Crippen molar-refractivity contribution in [1.82, 2.24) is 4.72 Å². The lowest BCUT2D eigenvalue weighted by Gasteiger charge is -2.29. The molecule has 0 spiro atoms. The fourth-order valence-electron chi connectivity index (χ4n) is 4.06. The number of amides is 1. The van der Waals surface area contributed by atoms with Crippen LogP contribution < -0.4 is 4.72 Å². The van der Waals surface area contributed by atoms with E-state index < -0.39 is 34.4 Å². The molecule has 5 atom stereocenters. The zero-order valence-electron chi connectivity index (χ0n) is 20.4. The number of rotatable bonds is 14. The van der Waals surface area contributed by atoms with E-state index in [0.29, 0.717) is 19.3 Å². The van der Waals surface area contributed by atoms with Gasteiger partial charge in [0.25, 0.3) is 0 Å². The minimum absolute atomic E-state index is 0.110. The normalized spacial score (nSPS) is 25.1. The molecule has 0 heterocycles. The Morgan fingerprint density at radius 2 is 1.88 bits per heavy atom. The summed E-state index contributed by atoms with van der Waals surface area (Å²) in [6, 6.07) is 0. The van der Waals surface area contributed by atoms with Crippen LogP contribution in [0, 0.1) is 17.3 Å². The summed E-state index contributed by atoms with van der Waals surface area (Å²) < 4.78 is 28.4. The van der Waals surface area contributed by atoms with E-state index in [0.717, 1.165) is 38.4 Å². The van der Waals surface area contributed by atoms with Gasteiger partial charge < -0.3 is 20.1 Å². The van der Waals surface area contributed by atoms with Gasteiger partial charge in [0.05, 0.1) is 31.2 Å². The topological polar surface area (TPSA) is 133 Å². The van der Waals surface area contributed by atoms with Crippen LogP contribution in [-0.2, 0) is 14.8 Å². The molecule has 0 radical (unpaired) electrons. The Bertz CT molecular complexity index is 748. The maximum absolute atomic E-state index is 11.2. The molecule has 1 aliphatic rings. The van der Waals surface area contributed by atoms with Crippen LogP contribution >= 0.6 is 0 Å². The van der Waals surface area contributed by atoms with Crippen LogP contribution in [0.3, 0.4) is 0 Å². The molecule has 0 aromatic rings. The Morgan fingerprint density at radius 1 is 1.18 bits per heavy atom. The third-order valence-corrected chi connectivity index (χ3v) is 6.79. The van der Waals surface area contributed by atoms with Gasteiger partial charge in [-0.15, -0.1) is 0 Å². The summed E-state index contributed by atoms with van der Waals surface area (Å²) in [5, 5.41) is 31.4. The van der Waals surface area contributed by atoms with Crippen molar-refractivity contribution in [1.29, 1.82) is 0 Å². The Kier molecular flexibility index (Phi) is 12.6. The SMILES string of the molecule is CCCCC(C)(C)[C@H](O)/C=C/[C@@H]1[C@@H](C/C=C\CCCCOC(=O)NS(C)(=O)=O)[C@@H](O)C[C@H]1O. The highest BCUT2D eigenvalue weighted by atomic mass is 32.2. The lowest BCUT2D eigenvalue weighted by molar-refractivity contribution is 0.0796. The molecule has 0 aromatic heterocycles. The van der Waals surface area contributed by atoms with Crippen LogP contribution in [0.4, 0.5) is 4.79 Å². The quantitative estimate of drug-likeness (QED) is 0.217. The van der Waals surface area contributed by atoms with Gasteiger partial charge in [0, 0.05) is 12.3 Å². The molecular weight excluding hydrogens is 446 g/mol. The summed E-state index contributed by atoms with van der Waals surface area (Å²) in [6.07, 6.45) is 11.8. The zero-order valence-corrected chi connectivity index (χ0v) is 21.3. The average Bonchev–Trinajstić information content (AvgIpc) is 2.97. The first-order valence-electron chi connectivity index (χ1n) is 11.9. The number of aliphatic hydroxyl groups excluding tert-OH is 3. The molecule has 0 aromatic carbocycles. The number of carbonyl (C=O) groups excluding carboxylic acids is 1. The van der Waals surface area contributed by atoms with Gasteiger partial charge >= 0.3 is 6.09 Å². The minimum Gasteiger partial charge on any atom is -0.449 e. The first-order chi connectivity index (χ1) is 15.4. The van der Waals surface area contributed by atoms with Crippen LogP contribution in [-0.4, -0.2) is 61.0 Å². The highest BCUT2D eigenvalue weighted by molar-refractivity contribution is 7.89. The lowest BCUT2D eigenvalue weighted by atomic mass is 9.80. The number of ether oxygens (including phenoxy) is 1. The van der Waals surface area contributed by atoms with Gasteiger partial charge in [-0.25, -0.2) is 17.9 Å². The van der Waals surface area contributed by atoms with Gasteiger partial charge in [-0.2, -0.15) is 0 Å². The van der Waals surface area contributed by atoms with Crippen LogP contribution in [0.25, 0.3) is 0 Å². The van der Waals surface area contributed by atoms with Crippen LogP contribution in [0.15, 0.2) is 24.3 Å². The predicted molar refractivity (Wildman–Crippen MR) is 129 cm³/mol. The van der Waals surface area contributed by atoms with Crippen molar-refractivity contribution < 1.29 is 33.3 Å². The van der Waals surface area contributed by atoms with Crippen molar-refractivity contribution in [2.75, 3.05) is 12.9 Å². The number of sulfonamides is 1. The van der Waals surface area contributed by atoms with E-state index in [4.69, 9.17) is 4.74 Å². The summed E-state index contributed by atoms with van der Waals surface area (Å²) >= 11 is 0. The fourth-order valence-corrected chi connectivity index (χ4v) is 4.42. The molecule has 0 bridgehead atoms. The summed E-state index contributed by atoms with van der Waals surface area (Å²) in [6.45, 7) is 6.34. The predicted octanol–water partition coefficient (Wildman–Crippen LogP) is 3.28. The van der Waals surface area contributed by atoms with Gasteiger partial charge in [0.2, 0.25) is 10.0 Å². The number of hydrogen-bond acceptors (Lipinski definition) is 7. The molecule has 9 heteroatoms. The van der Waals surface area contributed by atoms with E-state index in [2.05, 4.69) is 6.92 Å². The second kappa shape index (κ2) is 14.1. The summed E-state index contributed by atoms with van der Waals surface area (Å²) in [7, 11) is -3.61. The Balaban J connectivity index is 2.44. The van der Waals surface area contributed by atoms with Crippen molar-refractivity contribution >= 4 is 16.1 Å². The fraction of sp³-hybridized carbons (Fsp3) is 0.792. The molecule has 0 unspecified atom stereocenters. The van der Waals surface area contributed by atoms with Crippen molar-refractivity contribution in [2.45, 2.75) is 90.4 Å². The van der Waals surface area contributed by atoms with E-state index >= 15 is 0 Å². The van der Waals surface area contributed by atoms with Gasteiger partial charge in [-0.05, 0) is 43.4 Å². The molecule has 1 aliphatic carbocycles. The smallest absolute Gasteiger partial charge is 0.420 e. The number of carbonyl (C=O) groups is 1. The second-order valence-electron chi connectivity index (χ2n) is 9.75. The maximum Gasteiger partial charge on any atom is 0.420 e. The van der Waals surface area contributed by atoms with Crippen LogP contribution in [0.2, 0.25) is 0 Å². The maximum atomic E-state index is 11.2. The van der Waals surface area contributed by atoms with Crippen LogP contribution in [0.5, 0.6) is 0 Å². The molecule has 0 saturated heterocycles. The molecule has 1 fully saturated rings. The average molecular weight is 490 g/mol. The monoisotopic (exact) mass is 489 g/mol. The van der Waals surface area contributed by atoms with E-state index in [1.807, 2.05) is 32.1 Å². The van der Waals surface area contributed by atoms with Crippen molar-refractivity contribution in [3.63, 3.8) is 0 Å². The third-order valence-electron chi connectivity index (χ3n) is 6.25. The van der Waals surface area contributed by atoms with Crippen molar-refractivity contribution in [3.05, 3.63) is 24.3 Å². The standard InChI is InChI=1S/C24H43NO7S/c1-5-6-15-24(2,3)22(28)14-13-19-18(20(26)17-21(19)27)12-10-8-7-9-11-16-32-23(29)25-33(4,30)31/h8,10,13-14,18-22,26-28H,5-7,9,11-12,15-17H2,1-4H3,(H,25,29)/b10-8-,14-13+/t18-,19-,20+,21-,22-/m1/s1. The first kappa shape index (κ1) is 29.6. The highest BCUT2D eigenvalue weighted by Gasteiger charge is 2.39.